The van der Waals surface area contributed by atoms with Gasteiger partial charge in [0.2, 0.25) is 0 Å². The van der Waals surface area contributed by atoms with Crippen LogP contribution in [0.2, 0.25) is 0 Å². The second kappa shape index (κ2) is 12.8. The molecule has 0 aromatic heterocycles. The molecule has 0 amide bonds. The molecule has 53 heavy (non-hydrogen) atoms. The molecule has 0 radical (unpaired) electrons. The van der Waals surface area contributed by atoms with E-state index in [0.717, 1.165) is 43.3 Å². The monoisotopic (exact) mass is 726 g/mol. The fourth-order valence-electron chi connectivity index (χ4n) is 8.96. The van der Waals surface area contributed by atoms with Gasteiger partial charge in [0.1, 0.15) is 5.76 Å². The summed E-state index contributed by atoms with van der Waals surface area (Å²) in [4.78, 5) is 0. The molecular weight excluding hydrogens is 690 g/mol. The van der Waals surface area contributed by atoms with Crippen molar-refractivity contribution in [2.24, 2.45) is 11.8 Å². The molecule has 0 heterocycles. The third-order valence-electron chi connectivity index (χ3n) is 11.5. The van der Waals surface area contributed by atoms with Gasteiger partial charge in [0.25, 0.3) is 0 Å². The van der Waals surface area contributed by atoms with Crippen molar-refractivity contribution in [1.82, 2.24) is 0 Å². The van der Waals surface area contributed by atoms with Gasteiger partial charge >= 0.3 is 15.6 Å². The van der Waals surface area contributed by atoms with Crippen molar-refractivity contribution < 1.29 is 25.8 Å². The molecule has 0 fully saturated rings. The molecule has 9 rings (SSSR count). The predicted molar refractivity (Wildman–Crippen MR) is 204 cm³/mol. The Hall–Kier alpha value is -5.14. The van der Waals surface area contributed by atoms with Gasteiger partial charge < -0.3 is 4.18 Å². The molecule has 0 saturated carbocycles. The lowest BCUT2D eigenvalue weighted by Crippen LogP contribution is -2.31. The van der Waals surface area contributed by atoms with E-state index in [1.165, 1.54) is 61.8 Å². The molecule has 2 aromatic carbocycles. The van der Waals surface area contributed by atoms with Crippen LogP contribution in [-0.2, 0) is 19.7 Å². The third kappa shape index (κ3) is 5.68. The van der Waals surface area contributed by atoms with E-state index in [1.54, 1.807) is 6.08 Å². The van der Waals surface area contributed by atoms with E-state index in [4.69, 9.17) is 0 Å². The van der Waals surface area contributed by atoms with Crippen LogP contribution in [0.5, 0.6) is 0 Å². The first-order chi connectivity index (χ1) is 25.6. The maximum Gasteiger partial charge on any atom is 0.534 e. The highest BCUT2D eigenvalue weighted by atomic mass is 32.2. The third-order valence-corrected chi connectivity index (χ3v) is 12.5. The number of rotatable bonds is 6. The van der Waals surface area contributed by atoms with Gasteiger partial charge in [-0.1, -0.05) is 128 Å². The number of hydrogen-bond donors (Lipinski definition) is 0. The Bertz CT molecular complexity index is 2420. The standard InChI is InChI=1S/C46H37F3O3S/c47-46(48,49)53(50,51)52-40-22-19-34-26-33(17-18-35(34)27-40)37-21-24-42-41-23-20-36(32-16-15-30-9-7-8-10-31(30)25-32)28-43(41)45(44(42)29-37,38-11-3-1-4-12-38)39-13-5-2-6-14-39/h1,3-5,7-8,10-20,22-23,25-26,28-30,35H,2,6,9,21,24,27H2. The zero-order valence-electron chi connectivity index (χ0n) is 28.9. The summed E-state index contributed by atoms with van der Waals surface area (Å²) in [7, 11) is -5.72. The Balaban J connectivity index is 1.15. The fraction of sp³-hybridized carbons (Fsp3) is 0.217. The van der Waals surface area contributed by atoms with E-state index in [-0.39, 0.29) is 18.1 Å². The molecule has 7 heteroatoms. The van der Waals surface area contributed by atoms with Crippen LogP contribution in [0.1, 0.15) is 60.8 Å². The molecule has 0 saturated heterocycles. The van der Waals surface area contributed by atoms with Gasteiger partial charge in [-0.3, -0.25) is 0 Å². The lowest BCUT2D eigenvalue weighted by molar-refractivity contribution is -0.0524. The smallest absolute Gasteiger partial charge is 0.381 e. The first-order valence-electron chi connectivity index (χ1n) is 18.2. The Morgan fingerprint density at radius 1 is 0.792 bits per heavy atom. The molecule has 0 aliphatic heterocycles. The average Bonchev–Trinajstić information content (AvgIpc) is 3.47. The summed E-state index contributed by atoms with van der Waals surface area (Å²) < 4.78 is 66.8. The van der Waals surface area contributed by atoms with E-state index in [2.05, 4.69) is 120 Å². The van der Waals surface area contributed by atoms with Crippen LogP contribution in [0.4, 0.5) is 13.2 Å². The Labute approximate surface area is 308 Å². The minimum Gasteiger partial charge on any atom is -0.381 e. The minimum atomic E-state index is -5.72. The van der Waals surface area contributed by atoms with Crippen molar-refractivity contribution in [2.75, 3.05) is 0 Å². The van der Waals surface area contributed by atoms with Gasteiger partial charge in [-0.05, 0) is 111 Å². The first-order valence-corrected chi connectivity index (χ1v) is 19.6. The molecule has 3 atom stereocenters. The van der Waals surface area contributed by atoms with Crippen LogP contribution in [0.25, 0.3) is 11.1 Å². The van der Waals surface area contributed by atoms with E-state index in [1.807, 2.05) is 12.2 Å². The molecular formula is C46H37F3O3S. The molecule has 3 nitrogen and oxygen atoms in total. The number of allylic oxidation sites excluding steroid dienone is 24. The molecule has 7 aliphatic rings. The highest BCUT2D eigenvalue weighted by Crippen LogP contribution is 2.59. The van der Waals surface area contributed by atoms with Gasteiger partial charge in [0, 0.05) is 18.3 Å². The summed E-state index contributed by atoms with van der Waals surface area (Å²) in [6, 6.07) is 17.9. The van der Waals surface area contributed by atoms with Crippen LogP contribution in [0.15, 0.2) is 179 Å². The lowest BCUT2D eigenvalue weighted by Gasteiger charge is -2.38. The van der Waals surface area contributed by atoms with Crippen LogP contribution in [0.3, 0.4) is 0 Å². The average molecular weight is 727 g/mol. The molecule has 0 spiro atoms. The highest BCUT2D eigenvalue weighted by molar-refractivity contribution is 7.87. The van der Waals surface area contributed by atoms with Gasteiger partial charge in [-0.15, -0.1) is 0 Å². The maximum atomic E-state index is 13.0. The Morgan fingerprint density at radius 2 is 1.58 bits per heavy atom. The summed E-state index contributed by atoms with van der Waals surface area (Å²) in [5.41, 5.74) is 8.64. The maximum absolute atomic E-state index is 13.0. The van der Waals surface area contributed by atoms with Gasteiger partial charge in [0.05, 0.1) is 5.41 Å². The van der Waals surface area contributed by atoms with Gasteiger partial charge in [-0.25, -0.2) is 0 Å². The Kier molecular flexibility index (Phi) is 8.11. The van der Waals surface area contributed by atoms with E-state index >= 15 is 0 Å². The number of hydrogen-bond acceptors (Lipinski definition) is 3. The van der Waals surface area contributed by atoms with Crippen LogP contribution >= 0.6 is 0 Å². The normalized spacial score (nSPS) is 25.8. The second-order valence-electron chi connectivity index (χ2n) is 14.5. The van der Waals surface area contributed by atoms with Crippen LogP contribution < -0.4 is 0 Å². The summed E-state index contributed by atoms with van der Waals surface area (Å²) in [6.07, 6.45) is 36.8. The van der Waals surface area contributed by atoms with Crippen LogP contribution in [0, 0.1) is 11.8 Å². The summed E-state index contributed by atoms with van der Waals surface area (Å²) >= 11 is 0. The van der Waals surface area contributed by atoms with E-state index in [0.29, 0.717) is 5.92 Å². The van der Waals surface area contributed by atoms with Crippen LogP contribution in [-0.4, -0.2) is 13.9 Å². The predicted octanol–water partition coefficient (Wildman–Crippen LogP) is 11.4. The van der Waals surface area contributed by atoms with Crippen molar-refractivity contribution in [3.05, 3.63) is 201 Å². The number of alkyl halides is 3. The van der Waals surface area contributed by atoms with Crippen molar-refractivity contribution in [3.8, 4) is 0 Å². The largest absolute Gasteiger partial charge is 0.534 e. The second-order valence-corrected chi connectivity index (χ2v) is 16.1. The van der Waals surface area contributed by atoms with Gasteiger partial charge in [-0.2, -0.15) is 21.6 Å². The SMILES string of the molecule is O=S(=O)(OC1=CC=C2C=C(C3=CC4=C(CC3)c3ccc(C5=CC6=CC=CCC6C=C5)cc3C4(C3=CCCC=C3)c3ccccc3)C=CC2C1)C(F)(F)F. The fourth-order valence-corrected chi connectivity index (χ4v) is 9.46. The highest BCUT2D eigenvalue weighted by Gasteiger charge is 2.50. The van der Waals surface area contributed by atoms with Crippen molar-refractivity contribution >= 4 is 21.3 Å². The lowest BCUT2D eigenvalue weighted by atomic mass is 9.64. The molecule has 2 aromatic rings. The van der Waals surface area contributed by atoms with Crippen molar-refractivity contribution in [1.29, 1.82) is 0 Å². The summed E-state index contributed by atoms with van der Waals surface area (Å²) in [5, 5.41) is 0. The Morgan fingerprint density at radius 3 is 2.40 bits per heavy atom. The molecule has 7 aliphatic carbocycles. The summed E-state index contributed by atoms with van der Waals surface area (Å²) in [5.74, 6) is -0.0770. The van der Waals surface area contributed by atoms with E-state index in [9.17, 15) is 21.6 Å². The quantitative estimate of drug-likeness (QED) is 0.220. The van der Waals surface area contributed by atoms with Crippen molar-refractivity contribution in [3.63, 3.8) is 0 Å². The minimum absolute atomic E-state index is 0.0330. The molecule has 3 unspecified atom stereocenters. The number of halogens is 3. The molecule has 0 N–H and O–H groups in total. The molecule has 0 bridgehead atoms. The van der Waals surface area contributed by atoms with Gasteiger partial charge in [0.15, 0.2) is 0 Å². The number of fused-ring (bicyclic) bond motifs is 4. The zero-order valence-corrected chi connectivity index (χ0v) is 29.8. The topological polar surface area (TPSA) is 43.4 Å². The summed E-state index contributed by atoms with van der Waals surface area (Å²) in [6.45, 7) is 0. The number of benzene rings is 2. The molecule has 266 valence electrons. The van der Waals surface area contributed by atoms with E-state index < -0.39 is 21.0 Å². The zero-order chi connectivity index (χ0) is 36.4. The first kappa shape index (κ1) is 33.7. The van der Waals surface area contributed by atoms with Crippen molar-refractivity contribution in [2.45, 2.75) is 49.4 Å².